The molecule has 0 radical (unpaired) electrons. The number of carbonyl (C=O) groups is 2. The highest BCUT2D eigenvalue weighted by molar-refractivity contribution is 6.29. The van der Waals surface area contributed by atoms with Crippen LogP contribution in [-0.4, -0.2) is 61.6 Å². The van der Waals surface area contributed by atoms with E-state index in [4.69, 9.17) is 16.3 Å². The van der Waals surface area contributed by atoms with Crippen LogP contribution in [-0.2, 0) is 17.7 Å². The van der Waals surface area contributed by atoms with Crippen LogP contribution in [0.3, 0.4) is 0 Å². The van der Waals surface area contributed by atoms with E-state index in [9.17, 15) is 19.1 Å². The minimum absolute atomic E-state index is 0.172. The fourth-order valence-corrected chi connectivity index (χ4v) is 5.24. The summed E-state index contributed by atoms with van der Waals surface area (Å²) in [4.78, 5) is 37.4. The van der Waals surface area contributed by atoms with Crippen LogP contribution >= 0.6 is 11.6 Å². The number of hydrogen-bond donors (Lipinski definition) is 1. The Morgan fingerprint density at radius 3 is 2.44 bits per heavy atom. The number of benzene rings is 1. The van der Waals surface area contributed by atoms with Crippen molar-refractivity contribution >= 4 is 23.6 Å². The number of aliphatic hydroxyl groups is 1. The largest absolute Gasteiger partial charge is 0.444 e. The summed E-state index contributed by atoms with van der Waals surface area (Å²) in [5, 5.41) is 11.5. The average molecular weight is 583 g/mol. The van der Waals surface area contributed by atoms with Crippen molar-refractivity contribution in [3.8, 4) is 0 Å². The third kappa shape index (κ3) is 7.59. The highest BCUT2D eigenvalue weighted by atomic mass is 35.5. The Morgan fingerprint density at radius 2 is 1.83 bits per heavy atom. The molecule has 3 aromatic rings. The second kappa shape index (κ2) is 12.5. The van der Waals surface area contributed by atoms with Gasteiger partial charge < -0.3 is 14.7 Å². The molecule has 0 bridgehead atoms. The van der Waals surface area contributed by atoms with Gasteiger partial charge >= 0.3 is 6.09 Å². The first-order valence-corrected chi connectivity index (χ1v) is 14.0. The first-order valence-electron chi connectivity index (χ1n) is 13.6. The van der Waals surface area contributed by atoms with Gasteiger partial charge in [-0.25, -0.2) is 14.8 Å². The number of aromatic nitrogens is 2. The van der Waals surface area contributed by atoms with E-state index in [2.05, 4.69) is 9.97 Å². The van der Waals surface area contributed by atoms with Gasteiger partial charge in [-0.3, -0.25) is 9.69 Å². The lowest BCUT2D eigenvalue weighted by Gasteiger charge is -2.34. The summed E-state index contributed by atoms with van der Waals surface area (Å²) >= 11 is 5.92. The summed E-state index contributed by atoms with van der Waals surface area (Å²) in [5.41, 5.74) is 2.52. The van der Waals surface area contributed by atoms with Crippen molar-refractivity contribution < 1.29 is 23.8 Å². The highest BCUT2D eigenvalue weighted by Crippen LogP contribution is 2.36. The SMILES string of the molecule is Cc1cc(CN(C)C(=O)c2ccc(C[C@@H]3CC[C@H]([C@H](O)c4ccc(Cl)nc4)N3C(=O)OC(C)(C)C)cc2)cnc1F. The number of halogens is 2. The number of carbonyl (C=O) groups excluding carboxylic acids is 2. The van der Waals surface area contributed by atoms with Gasteiger partial charge in [-0.15, -0.1) is 0 Å². The van der Waals surface area contributed by atoms with Crippen LogP contribution in [0, 0.1) is 12.9 Å². The van der Waals surface area contributed by atoms with Crippen LogP contribution in [0.25, 0.3) is 0 Å². The predicted octanol–water partition coefficient (Wildman–Crippen LogP) is 5.89. The van der Waals surface area contributed by atoms with E-state index < -0.39 is 29.8 Å². The van der Waals surface area contributed by atoms with E-state index in [1.807, 2.05) is 32.9 Å². The van der Waals surface area contributed by atoms with Crippen LogP contribution < -0.4 is 0 Å². The number of rotatable bonds is 7. The molecule has 2 amide bonds. The molecule has 0 unspecified atom stereocenters. The molecular weight excluding hydrogens is 547 g/mol. The van der Waals surface area contributed by atoms with Crippen molar-refractivity contribution in [2.24, 2.45) is 0 Å². The van der Waals surface area contributed by atoms with Crippen LogP contribution in [0.15, 0.2) is 54.9 Å². The van der Waals surface area contributed by atoms with Crippen LogP contribution in [0.2, 0.25) is 5.15 Å². The van der Waals surface area contributed by atoms with Gasteiger partial charge in [-0.05, 0) is 82.3 Å². The van der Waals surface area contributed by atoms with E-state index in [1.54, 1.807) is 54.1 Å². The molecule has 3 heterocycles. The number of aliphatic hydroxyl groups excluding tert-OH is 1. The minimum atomic E-state index is -0.951. The number of hydrogen-bond acceptors (Lipinski definition) is 6. The van der Waals surface area contributed by atoms with Crippen molar-refractivity contribution in [2.45, 2.75) is 77.3 Å². The Bertz CT molecular complexity index is 1380. The van der Waals surface area contributed by atoms with Gasteiger partial charge in [0.05, 0.1) is 6.04 Å². The lowest BCUT2D eigenvalue weighted by Crippen LogP contribution is -2.47. The van der Waals surface area contributed by atoms with Gasteiger partial charge in [-0.2, -0.15) is 4.39 Å². The summed E-state index contributed by atoms with van der Waals surface area (Å²) in [7, 11) is 1.69. The van der Waals surface area contributed by atoms with Crippen molar-refractivity contribution in [1.82, 2.24) is 19.8 Å². The van der Waals surface area contributed by atoms with E-state index in [1.165, 1.54) is 12.4 Å². The van der Waals surface area contributed by atoms with E-state index >= 15 is 0 Å². The molecule has 0 aliphatic carbocycles. The van der Waals surface area contributed by atoms with Crippen LogP contribution in [0.5, 0.6) is 0 Å². The minimum Gasteiger partial charge on any atom is -0.444 e. The van der Waals surface area contributed by atoms with Gasteiger partial charge in [0.1, 0.15) is 16.9 Å². The standard InChI is InChI=1S/C31H36ClFN4O4/c1-19-14-21(16-35-28(19)33)18-36(5)29(39)22-8-6-20(7-9-22)15-24-11-12-25(37(24)30(40)41-31(2,3)4)27(38)23-10-13-26(32)34-17-23/h6-10,13-14,16-17,24-25,27,38H,11-12,15,18H2,1-5H3/t24-,25+,27+/m0/s1. The Hall–Kier alpha value is -3.56. The maximum absolute atomic E-state index is 13.5. The normalized spacial score (nSPS) is 17.8. The molecule has 1 saturated heterocycles. The molecule has 1 aliphatic heterocycles. The molecule has 1 aliphatic rings. The Labute approximate surface area is 245 Å². The molecule has 0 spiro atoms. The maximum atomic E-state index is 13.5. The van der Waals surface area contributed by atoms with Gasteiger partial charge in [0.2, 0.25) is 5.95 Å². The summed E-state index contributed by atoms with van der Waals surface area (Å²) in [6.07, 6.45) is 3.32. The third-order valence-corrected chi connectivity index (χ3v) is 7.34. The van der Waals surface area contributed by atoms with Gasteiger partial charge in [0, 0.05) is 48.7 Å². The van der Waals surface area contributed by atoms with E-state index in [-0.39, 0.29) is 11.9 Å². The maximum Gasteiger partial charge on any atom is 0.410 e. The Morgan fingerprint density at radius 1 is 1.12 bits per heavy atom. The van der Waals surface area contributed by atoms with Crippen molar-refractivity contribution in [3.05, 3.63) is 93.8 Å². The lowest BCUT2D eigenvalue weighted by molar-refractivity contribution is -0.00459. The number of nitrogens with zero attached hydrogens (tertiary/aromatic N) is 4. The molecule has 8 nitrogen and oxygen atoms in total. The zero-order chi connectivity index (χ0) is 29.9. The zero-order valence-electron chi connectivity index (χ0n) is 24.0. The second-order valence-electron chi connectivity index (χ2n) is 11.6. The average Bonchev–Trinajstić information content (AvgIpc) is 3.33. The summed E-state index contributed by atoms with van der Waals surface area (Å²) in [6.45, 7) is 7.37. The van der Waals surface area contributed by atoms with Crippen molar-refractivity contribution in [3.63, 3.8) is 0 Å². The monoisotopic (exact) mass is 582 g/mol. The topological polar surface area (TPSA) is 95.9 Å². The number of aryl methyl sites for hydroxylation is 1. The molecule has 0 saturated carbocycles. The molecule has 4 rings (SSSR count). The van der Waals surface area contributed by atoms with Crippen molar-refractivity contribution in [2.75, 3.05) is 7.05 Å². The van der Waals surface area contributed by atoms with Crippen molar-refractivity contribution in [1.29, 1.82) is 0 Å². The third-order valence-electron chi connectivity index (χ3n) is 7.12. The molecule has 2 aromatic heterocycles. The fourth-order valence-electron chi connectivity index (χ4n) is 5.13. The number of ether oxygens (including phenoxy) is 1. The number of likely N-dealkylation sites (tertiary alicyclic amines) is 1. The molecule has 3 atom stereocenters. The summed E-state index contributed by atoms with van der Waals surface area (Å²) in [5.74, 6) is -0.692. The highest BCUT2D eigenvalue weighted by Gasteiger charge is 2.43. The molecule has 41 heavy (non-hydrogen) atoms. The number of pyridine rings is 2. The smallest absolute Gasteiger partial charge is 0.410 e. The molecule has 1 fully saturated rings. The van der Waals surface area contributed by atoms with Gasteiger partial charge in [0.25, 0.3) is 5.91 Å². The summed E-state index contributed by atoms with van der Waals surface area (Å²) in [6, 6.07) is 11.6. The number of amides is 2. The molecule has 1 N–H and O–H groups in total. The first-order chi connectivity index (χ1) is 19.3. The predicted molar refractivity (Wildman–Crippen MR) is 154 cm³/mol. The van der Waals surface area contributed by atoms with Gasteiger partial charge in [-0.1, -0.05) is 29.8 Å². The fraction of sp³-hybridized carbons (Fsp3) is 0.419. The lowest BCUT2D eigenvalue weighted by atomic mass is 10.0. The molecule has 10 heteroatoms. The molecule has 1 aromatic carbocycles. The Balaban J connectivity index is 1.47. The van der Waals surface area contributed by atoms with Crippen LogP contribution in [0.1, 0.15) is 72.3 Å². The van der Waals surface area contributed by atoms with E-state index in [0.29, 0.717) is 47.7 Å². The van der Waals surface area contributed by atoms with E-state index in [0.717, 1.165) is 11.1 Å². The zero-order valence-corrected chi connectivity index (χ0v) is 24.7. The molecular formula is C31H36ClFN4O4. The van der Waals surface area contributed by atoms with Gasteiger partial charge in [0.15, 0.2) is 0 Å². The quantitative estimate of drug-likeness (QED) is 0.349. The molecule has 218 valence electrons. The summed E-state index contributed by atoms with van der Waals surface area (Å²) < 4.78 is 19.2. The van der Waals surface area contributed by atoms with Crippen LogP contribution in [0.4, 0.5) is 9.18 Å². The Kier molecular flexibility index (Phi) is 9.29. The second-order valence-corrected chi connectivity index (χ2v) is 11.9. The first kappa shape index (κ1) is 30.4.